The number of hydrogen-bond donors (Lipinski definition) is 3. The fourth-order valence-corrected chi connectivity index (χ4v) is 8.27. The molecule has 3 heterocycles. The highest BCUT2D eigenvalue weighted by molar-refractivity contribution is 7.92. The van der Waals surface area contributed by atoms with E-state index in [1.807, 2.05) is 44.4 Å². The molecule has 1 aliphatic heterocycles. The number of ether oxygens (including phenoxy) is 1. The second kappa shape index (κ2) is 17.2. The van der Waals surface area contributed by atoms with E-state index >= 15 is 0 Å². The van der Waals surface area contributed by atoms with Gasteiger partial charge in [0.2, 0.25) is 11.8 Å². The Morgan fingerprint density at radius 2 is 1.72 bits per heavy atom. The number of carboxylic acids is 1. The molecule has 12 nitrogen and oxygen atoms in total. The highest BCUT2D eigenvalue weighted by Gasteiger charge is 2.31. The molecule has 284 valence electrons. The second-order valence-corrected chi connectivity index (χ2v) is 16.3. The number of benzene rings is 2. The molecule has 1 saturated heterocycles. The molecule has 0 spiro atoms. The molecule has 4 aromatic rings. The van der Waals surface area contributed by atoms with Gasteiger partial charge in [0.25, 0.3) is 10.0 Å². The van der Waals surface area contributed by atoms with Crippen LogP contribution in [0.3, 0.4) is 0 Å². The van der Waals surface area contributed by atoms with Crippen LogP contribution in [0.2, 0.25) is 0 Å². The van der Waals surface area contributed by atoms with Crippen LogP contribution in [0.25, 0.3) is 11.3 Å². The Balaban J connectivity index is 0.00000541. The number of rotatable bonds is 13. The molecule has 53 heavy (non-hydrogen) atoms. The third-order valence-corrected chi connectivity index (χ3v) is 11.6. The lowest BCUT2D eigenvalue weighted by Gasteiger charge is -2.35. The summed E-state index contributed by atoms with van der Waals surface area (Å²) >= 11 is 0. The van der Waals surface area contributed by atoms with E-state index in [9.17, 15) is 18.3 Å². The number of aryl methyl sites for hydroxylation is 2. The molecule has 2 aromatic carbocycles. The molecule has 0 amide bonds. The van der Waals surface area contributed by atoms with Gasteiger partial charge in [0, 0.05) is 30.8 Å². The smallest absolute Gasteiger partial charge is 0.335 e. The minimum atomic E-state index is -4.24. The molecule has 2 aromatic heterocycles. The number of carbonyl (C=O) groups is 1. The minimum absolute atomic E-state index is 0. The Labute approximate surface area is 318 Å². The Hall–Kier alpha value is -4.33. The van der Waals surface area contributed by atoms with E-state index in [0.717, 1.165) is 60.0 Å². The first kappa shape index (κ1) is 39.9. The SMILES string of the molecule is Cc1cccc(C)c1-c1cc(OCC2NC(c3cncc(N(C)C4CCC4)n3)CCCC2CC(C)C)nc(NS(=O)(=O)c2cccc(C(=O)O)c2)n1.Cl. The Bertz CT molecular complexity index is 1990. The van der Waals surface area contributed by atoms with Gasteiger partial charge in [-0.15, -0.1) is 12.4 Å². The summed E-state index contributed by atoms with van der Waals surface area (Å²) in [6.45, 7) is 8.70. The maximum Gasteiger partial charge on any atom is 0.335 e. The van der Waals surface area contributed by atoms with Gasteiger partial charge < -0.3 is 20.1 Å². The Morgan fingerprint density at radius 1 is 1.00 bits per heavy atom. The monoisotopic (exact) mass is 763 g/mol. The van der Waals surface area contributed by atoms with Crippen LogP contribution in [0.1, 0.15) is 92.0 Å². The van der Waals surface area contributed by atoms with Crippen molar-refractivity contribution in [2.45, 2.75) is 95.7 Å². The first-order chi connectivity index (χ1) is 24.9. The summed E-state index contributed by atoms with van der Waals surface area (Å²) in [5.74, 6) is 0.526. The van der Waals surface area contributed by atoms with Gasteiger partial charge >= 0.3 is 5.97 Å². The quantitative estimate of drug-likeness (QED) is 0.125. The van der Waals surface area contributed by atoms with Gasteiger partial charge in [-0.1, -0.05) is 44.5 Å². The number of sulfonamides is 1. The van der Waals surface area contributed by atoms with Crippen molar-refractivity contribution in [1.82, 2.24) is 25.3 Å². The normalized spacial score (nSPS) is 19.1. The molecular weight excluding hydrogens is 714 g/mol. The van der Waals surface area contributed by atoms with Crippen LogP contribution in [0.5, 0.6) is 5.88 Å². The van der Waals surface area contributed by atoms with Crippen molar-refractivity contribution in [3.8, 4) is 17.1 Å². The molecule has 2 fully saturated rings. The predicted octanol–water partition coefficient (Wildman–Crippen LogP) is 7.38. The lowest BCUT2D eigenvalue weighted by molar-refractivity contribution is 0.0696. The largest absolute Gasteiger partial charge is 0.478 e. The summed E-state index contributed by atoms with van der Waals surface area (Å²) in [4.78, 5) is 32.4. The highest BCUT2D eigenvalue weighted by Crippen LogP contribution is 2.34. The lowest BCUT2D eigenvalue weighted by Crippen LogP contribution is -2.42. The standard InChI is InChI=1S/C39H49N7O5S.ClH/c1-24(2)18-27-12-8-17-31(33-21-40-22-35(42-33)46(5)29-14-9-15-29)41-34(27)23-51-36-20-32(37-25(3)10-6-11-26(37)4)43-39(44-36)45-52(49,50)30-16-7-13-28(19-30)38(47)48;/h6-7,10-11,13,16,19-22,24,27,29,31,34,41H,8-9,12,14-15,17-18,23H2,1-5H3,(H,47,48)(H,43,44,45);1H. The summed E-state index contributed by atoms with van der Waals surface area (Å²) in [5, 5.41) is 13.3. The van der Waals surface area contributed by atoms with Gasteiger partial charge in [0.05, 0.1) is 40.3 Å². The molecule has 3 N–H and O–H groups in total. The number of aromatic carboxylic acids is 1. The van der Waals surface area contributed by atoms with Crippen LogP contribution in [0.4, 0.5) is 11.8 Å². The lowest BCUT2D eigenvalue weighted by atomic mass is 9.87. The zero-order valence-corrected chi connectivity index (χ0v) is 32.6. The molecule has 0 radical (unpaired) electrons. The minimum Gasteiger partial charge on any atom is -0.478 e. The van der Waals surface area contributed by atoms with Crippen molar-refractivity contribution in [2.75, 3.05) is 23.3 Å². The van der Waals surface area contributed by atoms with E-state index in [-0.39, 0.29) is 46.8 Å². The summed E-state index contributed by atoms with van der Waals surface area (Å²) in [5.41, 5.74) is 4.05. The van der Waals surface area contributed by atoms with Crippen LogP contribution < -0.4 is 19.7 Å². The van der Waals surface area contributed by atoms with Gasteiger partial charge in [-0.05, 0) is 93.5 Å². The third-order valence-electron chi connectivity index (χ3n) is 10.3. The van der Waals surface area contributed by atoms with Crippen molar-refractivity contribution in [3.05, 3.63) is 83.3 Å². The number of nitrogens with one attached hydrogen (secondary N) is 2. The van der Waals surface area contributed by atoms with Gasteiger partial charge in [-0.2, -0.15) is 4.98 Å². The predicted molar refractivity (Wildman–Crippen MR) is 208 cm³/mol. The summed E-state index contributed by atoms with van der Waals surface area (Å²) in [6.07, 6.45) is 11.3. The average molecular weight is 764 g/mol. The van der Waals surface area contributed by atoms with Gasteiger partial charge in [0.15, 0.2) is 0 Å². The number of carboxylic acid groups (broad SMARTS) is 1. The summed E-state index contributed by atoms with van der Waals surface area (Å²) < 4.78 is 36.0. The second-order valence-electron chi connectivity index (χ2n) is 14.6. The summed E-state index contributed by atoms with van der Waals surface area (Å²) in [7, 11) is -2.14. The fraction of sp³-hybridized carbons (Fsp3) is 0.462. The number of anilines is 2. The van der Waals surface area contributed by atoms with Crippen LogP contribution in [0, 0.1) is 25.7 Å². The van der Waals surface area contributed by atoms with Gasteiger partial charge in [0.1, 0.15) is 12.4 Å². The highest BCUT2D eigenvalue weighted by atomic mass is 35.5. The van der Waals surface area contributed by atoms with Crippen LogP contribution in [-0.4, -0.2) is 65.2 Å². The topological polar surface area (TPSA) is 160 Å². The van der Waals surface area contributed by atoms with Crippen molar-refractivity contribution in [1.29, 1.82) is 0 Å². The molecule has 1 saturated carbocycles. The molecule has 14 heteroatoms. The Kier molecular flexibility index (Phi) is 12.9. The van der Waals surface area contributed by atoms with Crippen molar-refractivity contribution < 1.29 is 23.1 Å². The summed E-state index contributed by atoms with van der Waals surface area (Å²) in [6, 6.07) is 13.3. The van der Waals surface area contributed by atoms with Crippen molar-refractivity contribution >= 4 is 40.2 Å². The first-order valence-corrected chi connectivity index (χ1v) is 19.6. The van der Waals surface area contributed by atoms with E-state index < -0.39 is 16.0 Å². The molecular formula is C39H50ClN7O5S. The zero-order chi connectivity index (χ0) is 37.0. The fourth-order valence-electron chi connectivity index (χ4n) is 7.28. The molecule has 3 unspecified atom stereocenters. The molecule has 3 atom stereocenters. The van der Waals surface area contributed by atoms with Gasteiger partial charge in [-0.3, -0.25) is 4.98 Å². The number of aromatic nitrogens is 4. The van der Waals surface area contributed by atoms with E-state index in [0.29, 0.717) is 30.2 Å². The molecule has 2 aliphatic rings. The number of hydrogen-bond acceptors (Lipinski definition) is 10. The van der Waals surface area contributed by atoms with Gasteiger partial charge in [-0.25, -0.2) is 27.9 Å². The van der Waals surface area contributed by atoms with Crippen LogP contribution in [-0.2, 0) is 10.0 Å². The van der Waals surface area contributed by atoms with E-state index in [1.54, 1.807) is 6.07 Å². The Morgan fingerprint density at radius 3 is 2.40 bits per heavy atom. The van der Waals surface area contributed by atoms with Crippen molar-refractivity contribution in [3.63, 3.8) is 0 Å². The number of nitrogens with zero attached hydrogens (tertiary/aromatic N) is 5. The number of halogens is 1. The first-order valence-electron chi connectivity index (χ1n) is 18.1. The maximum absolute atomic E-state index is 13.5. The van der Waals surface area contributed by atoms with Crippen LogP contribution >= 0.6 is 12.4 Å². The third kappa shape index (κ3) is 9.62. The zero-order valence-electron chi connectivity index (χ0n) is 30.9. The van der Waals surface area contributed by atoms with E-state index in [2.05, 4.69) is 50.8 Å². The molecule has 0 bridgehead atoms. The molecule has 1 aliphatic carbocycles. The van der Waals surface area contributed by atoms with E-state index in [1.165, 1.54) is 37.5 Å². The maximum atomic E-state index is 13.5. The van der Waals surface area contributed by atoms with E-state index in [4.69, 9.17) is 9.72 Å². The molecule has 6 rings (SSSR count). The average Bonchev–Trinajstić information content (AvgIpc) is 3.28. The van der Waals surface area contributed by atoms with Crippen LogP contribution in [0.15, 0.2) is 65.8 Å². The van der Waals surface area contributed by atoms with Crippen molar-refractivity contribution in [2.24, 2.45) is 11.8 Å².